The van der Waals surface area contributed by atoms with E-state index in [0.29, 0.717) is 40.2 Å². The van der Waals surface area contributed by atoms with E-state index in [4.69, 9.17) is 16.0 Å². The Morgan fingerprint density at radius 3 is 2.46 bits per heavy atom. The molecular weight excluding hydrogens is 523 g/mol. The minimum absolute atomic E-state index is 0.0853. The summed E-state index contributed by atoms with van der Waals surface area (Å²) < 4.78 is 71.8. The van der Waals surface area contributed by atoms with Crippen LogP contribution in [0.2, 0.25) is 5.02 Å². The molecule has 0 aliphatic carbocycles. The van der Waals surface area contributed by atoms with Crippen molar-refractivity contribution >= 4 is 22.6 Å². The highest BCUT2D eigenvalue weighted by molar-refractivity contribution is 6.31. The Hall–Kier alpha value is -3.32. The first kappa shape index (κ1) is 25.3. The average molecular weight is 543 g/mol. The van der Waals surface area contributed by atoms with Gasteiger partial charge in [-0.25, -0.2) is 4.79 Å². The fraction of sp³-hybridized carbons (Fsp3) is 0.391. The lowest BCUT2D eigenvalue weighted by atomic mass is 10.0. The third kappa shape index (κ3) is 5.37. The lowest BCUT2D eigenvalue weighted by molar-refractivity contribution is -0.148. The molecule has 1 aromatic carbocycles. The number of likely N-dealkylation sites (tertiary alicyclic amines) is 1. The molecule has 0 bridgehead atoms. The van der Waals surface area contributed by atoms with Gasteiger partial charge in [0.05, 0.1) is 35.4 Å². The number of piperidine rings is 1. The number of benzene rings is 1. The second-order valence-electron chi connectivity index (χ2n) is 8.78. The molecule has 1 aliphatic heterocycles. The standard InChI is InChI=1S/C23H20ClF5N6O2/c24-14-2-4-17-18(9-14)34(22(36)35(17)16-5-7-33(8-6-16)12-23(27,28)29)11-15-3-1-13(10-30-15)20-31-32-21(37-20)19(25)26/h1-4,9-10,16,19H,5-8,11-12H2. The van der Waals surface area contributed by atoms with Gasteiger partial charge in [0.15, 0.2) is 0 Å². The summed E-state index contributed by atoms with van der Waals surface area (Å²) in [6.07, 6.45) is -4.98. The lowest BCUT2D eigenvalue weighted by Crippen LogP contribution is -2.42. The van der Waals surface area contributed by atoms with E-state index < -0.39 is 25.0 Å². The third-order valence-corrected chi connectivity index (χ3v) is 6.50. The van der Waals surface area contributed by atoms with Crippen LogP contribution in [0.5, 0.6) is 0 Å². The first-order valence-electron chi connectivity index (χ1n) is 11.4. The molecule has 0 radical (unpaired) electrons. The fourth-order valence-electron chi connectivity index (χ4n) is 4.59. The van der Waals surface area contributed by atoms with Crippen molar-refractivity contribution in [3.8, 4) is 11.5 Å². The number of imidazole rings is 1. The monoisotopic (exact) mass is 542 g/mol. The molecule has 0 N–H and O–H groups in total. The van der Waals surface area contributed by atoms with Crippen LogP contribution in [0.15, 0.2) is 45.7 Å². The fourth-order valence-corrected chi connectivity index (χ4v) is 4.76. The summed E-state index contributed by atoms with van der Waals surface area (Å²) >= 11 is 6.20. The molecular formula is C23H20ClF5N6O2. The number of rotatable bonds is 6. The highest BCUT2D eigenvalue weighted by Gasteiger charge is 2.33. The van der Waals surface area contributed by atoms with Crippen molar-refractivity contribution in [2.75, 3.05) is 19.6 Å². The Morgan fingerprint density at radius 1 is 1.08 bits per heavy atom. The van der Waals surface area contributed by atoms with E-state index in [1.165, 1.54) is 15.7 Å². The maximum absolute atomic E-state index is 13.5. The number of aromatic nitrogens is 5. The lowest BCUT2D eigenvalue weighted by Gasteiger charge is -2.32. The number of fused-ring (bicyclic) bond motifs is 1. The van der Waals surface area contributed by atoms with Crippen LogP contribution < -0.4 is 5.69 Å². The number of halogens is 6. The summed E-state index contributed by atoms with van der Waals surface area (Å²) in [6, 6.07) is 7.96. The number of hydrogen-bond acceptors (Lipinski definition) is 6. The molecule has 4 heterocycles. The van der Waals surface area contributed by atoms with Crippen LogP contribution in [0.25, 0.3) is 22.5 Å². The van der Waals surface area contributed by atoms with Crippen molar-refractivity contribution in [2.45, 2.75) is 38.0 Å². The predicted molar refractivity (Wildman–Crippen MR) is 124 cm³/mol. The van der Waals surface area contributed by atoms with Gasteiger partial charge in [0.2, 0.25) is 5.89 Å². The molecule has 196 valence electrons. The Bertz CT molecular complexity index is 1460. The molecule has 0 unspecified atom stereocenters. The van der Waals surface area contributed by atoms with Crippen molar-refractivity contribution < 1.29 is 26.4 Å². The van der Waals surface area contributed by atoms with Gasteiger partial charge in [-0.05, 0) is 43.2 Å². The van der Waals surface area contributed by atoms with Crippen molar-refractivity contribution in [3.63, 3.8) is 0 Å². The first-order valence-corrected chi connectivity index (χ1v) is 11.7. The Labute approximate surface area is 211 Å². The largest absolute Gasteiger partial charge is 0.415 e. The van der Waals surface area contributed by atoms with Gasteiger partial charge in [0, 0.05) is 30.4 Å². The number of alkyl halides is 5. The van der Waals surface area contributed by atoms with Crippen LogP contribution in [0.4, 0.5) is 22.0 Å². The van der Waals surface area contributed by atoms with Gasteiger partial charge in [0.1, 0.15) is 0 Å². The maximum atomic E-state index is 13.5. The van der Waals surface area contributed by atoms with E-state index in [1.807, 2.05) is 0 Å². The van der Waals surface area contributed by atoms with Crippen molar-refractivity contribution in [1.82, 2.24) is 29.2 Å². The summed E-state index contributed by atoms with van der Waals surface area (Å²) in [4.78, 5) is 19.2. The molecule has 0 amide bonds. The minimum Gasteiger partial charge on any atom is -0.415 e. The Balaban J connectivity index is 1.41. The van der Waals surface area contributed by atoms with Crippen molar-refractivity contribution in [3.05, 3.63) is 63.6 Å². The SMILES string of the molecule is O=c1n(Cc2ccc(-c3nnc(C(F)F)o3)cn2)c2cc(Cl)ccc2n1C1CCN(CC(F)(F)F)CC1. The zero-order chi connectivity index (χ0) is 26.3. The zero-order valence-corrected chi connectivity index (χ0v) is 19.9. The average Bonchev–Trinajstić information content (AvgIpc) is 3.44. The Kier molecular flexibility index (Phi) is 6.75. The smallest absolute Gasteiger partial charge is 0.401 e. The molecule has 37 heavy (non-hydrogen) atoms. The van der Waals surface area contributed by atoms with E-state index in [0.717, 1.165) is 0 Å². The molecule has 3 aromatic heterocycles. The second kappa shape index (κ2) is 9.86. The summed E-state index contributed by atoms with van der Waals surface area (Å²) in [7, 11) is 0. The molecule has 0 atom stereocenters. The quantitative estimate of drug-likeness (QED) is 0.316. The van der Waals surface area contributed by atoms with Gasteiger partial charge in [0.25, 0.3) is 5.89 Å². The summed E-state index contributed by atoms with van der Waals surface area (Å²) in [5.74, 6) is -0.897. The molecule has 14 heteroatoms. The maximum Gasteiger partial charge on any atom is 0.401 e. The van der Waals surface area contributed by atoms with E-state index in [1.54, 1.807) is 34.9 Å². The zero-order valence-electron chi connectivity index (χ0n) is 19.1. The number of pyridine rings is 1. The highest BCUT2D eigenvalue weighted by atomic mass is 35.5. The van der Waals surface area contributed by atoms with Crippen LogP contribution >= 0.6 is 11.6 Å². The predicted octanol–water partition coefficient (Wildman–Crippen LogP) is 5.09. The van der Waals surface area contributed by atoms with Crippen LogP contribution in [-0.2, 0) is 6.54 Å². The van der Waals surface area contributed by atoms with Gasteiger partial charge < -0.3 is 4.42 Å². The van der Waals surface area contributed by atoms with Crippen molar-refractivity contribution in [2.24, 2.45) is 0 Å². The van der Waals surface area contributed by atoms with E-state index in [9.17, 15) is 26.7 Å². The normalized spacial score (nSPS) is 15.8. The van der Waals surface area contributed by atoms with E-state index >= 15 is 0 Å². The topological polar surface area (TPSA) is 82.0 Å². The molecule has 8 nitrogen and oxygen atoms in total. The van der Waals surface area contributed by atoms with Crippen molar-refractivity contribution in [1.29, 1.82) is 0 Å². The first-order chi connectivity index (χ1) is 17.6. The van der Waals surface area contributed by atoms with E-state index in [2.05, 4.69) is 15.2 Å². The molecule has 1 fully saturated rings. The van der Waals surface area contributed by atoms with Gasteiger partial charge in [-0.2, -0.15) is 22.0 Å². The van der Waals surface area contributed by atoms with E-state index in [-0.39, 0.29) is 37.3 Å². The molecule has 0 spiro atoms. The van der Waals surface area contributed by atoms with Gasteiger partial charge in [-0.1, -0.05) is 11.6 Å². The van der Waals surface area contributed by atoms with Gasteiger partial charge in [-0.3, -0.25) is 19.0 Å². The minimum atomic E-state index is -4.27. The molecule has 1 saturated heterocycles. The summed E-state index contributed by atoms with van der Waals surface area (Å²) in [5.41, 5.74) is 1.71. The second-order valence-corrected chi connectivity index (χ2v) is 9.22. The van der Waals surface area contributed by atoms with Crippen LogP contribution in [-0.4, -0.2) is 55.0 Å². The van der Waals surface area contributed by atoms with Gasteiger partial charge in [-0.15, -0.1) is 10.2 Å². The van der Waals surface area contributed by atoms with Crippen LogP contribution in [0, 0.1) is 0 Å². The molecule has 1 aliphatic rings. The summed E-state index contributed by atoms with van der Waals surface area (Å²) in [5, 5.41) is 7.31. The molecule has 0 saturated carbocycles. The number of hydrogen-bond donors (Lipinski definition) is 0. The Morgan fingerprint density at radius 2 is 1.84 bits per heavy atom. The highest BCUT2D eigenvalue weighted by Crippen LogP contribution is 2.29. The third-order valence-electron chi connectivity index (χ3n) is 6.27. The van der Waals surface area contributed by atoms with Crippen LogP contribution in [0.1, 0.15) is 36.9 Å². The van der Waals surface area contributed by atoms with Crippen LogP contribution in [0.3, 0.4) is 0 Å². The molecule has 4 aromatic rings. The van der Waals surface area contributed by atoms with Gasteiger partial charge >= 0.3 is 18.3 Å². The summed E-state index contributed by atoms with van der Waals surface area (Å²) in [6.45, 7) is -0.436. The number of nitrogens with zero attached hydrogens (tertiary/aromatic N) is 6. The molecule has 5 rings (SSSR count).